The SMILES string of the molecule is CC(C)CC(=O)CC(=O)c1ccc(C#N)cc1C#N. The molecule has 1 aromatic carbocycles. The predicted octanol–water partition coefficient (Wildman–Crippen LogP) is 2.62. The molecule has 0 heterocycles. The third-order valence-electron chi connectivity index (χ3n) is 2.56. The van der Waals surface area contributed by atoms with Gasteiger partial charge in [0.1, 0.15) is 5.78 Å². The van der Waals surface area contributed by atoms with Crippen LogP contribution in [0.2, 0.25) is 0 Å². The van der Waals surface area contributed by atoms with Crippen molar-refractivity contribution in [2.75, 3.05) is 0 Å². The number of Topliss-reactive ketones (excluding diaryl/α,β-unsaturated/α-hetero) is 2. The molecule has 4 nitrogen and oxygen atoms in total. The molecular formula is C15H14N2O2. The number of benzene rings is 1. The molecular weight excluding hydrogens is 240 g/mol. The number of ketones is 2. The van der Waals surface area contributed by atoms with Crippen molar-refractivity contribution in [2.24, 2.45) is 5.92 Å². The molecule has 0 unspecified atom stereocenters. The Morgan fingerprint density at radius 1 is 1.21 bits per heavy atom. The fourth-order valence-electron chi connectivity index (χ4n) is 1.75. The molecule has 4 heteroatoms. The number of nitrogens with zero attached hydrogens (tertiary/aromatic N) is 2. The van der Waals surface area contributed by atoms with E-state index in [9.17, 15) is 9.59 Å². The monoisotopic (exact) mass is 254 g/mol. The minimum atomic E-state index is -0.369. The molecule has 0 atom stereocenters. The third kappa shape index (κ3) is 4.04. The summed E-state index contributed by atoms with van der Waals surface area (Å²) in [7, 11) is 0. The number of rotatable bonds is 5. The van der Waals surface area contributed by atoms with E-state index in [1.54, 1.807) is 0 Å². The molecule has 19 heavy (non-hydrogen) atoms. The summed E-state index contributed by atoms with van der Waals surface area (Å²) in [6.07, 6.45) is 0.155. The van der Waals surface area contributed by atoms with Crippen LogP contribution in [0, 0.1) is 28.6 Å². The zero-order valence-electron chi connectivity index (χ0n) is 10.9. The molecule has 0 saturated heterocycles. The highest BCUT2D eigenvalue weighted by Gasteiger charge is 2.16. The standard InChI is InChI=1S/C15H14N2O2/c1-10(2)5-13(18)7-15(19)14-4-3-11(8-16)6-12(14)9-17/h3-4,6,10H,5,7H2,1-2H3. The molecule has 0 N–H and O–H groups in total. The van der Waals surface area contributed by atoms with E-state index >= 15 is 0 Å². The van der Waals surface area contributed by atoms with Gasteiger partial charge in [-0.3, -0.25) is 9.59 Å². The molecule has 0 aromatic heterocycles. The van der Waals surface area contributed by atoms with Crippen LogP contribution < -0.4 is 0 Å². The van der Waals surface area contributed by atoms with Crippen molar-refractivity contribution < 1.29 is 9.59 Å². The fraction of sp³-hybridized carbons (Fsp3) is 0.333. The van der Waals surface area contributed by atoms with Crippen LogP contribution in [0.3, 0.4) is 0 Å². The van der Waals surface area contributed by atoms with Gasteiger partial charge in [0.25, 0.3) is 0 Å². The minimum Gasteiger partial charge on any atom is -0.299 e. The van der Waals surface area contributed by atoms with Gasteiger partial charge in [0, 0.05) is 12.0 Å². The number of hydrogen-bond donors (Lipinski definition) is 0. The Morgan fingerprint density at radius 2 is 1.89 bits per heavy atom. The van der Waals surface area contributed by atoms with Crippen LogP contribution >= 0.6 is 0 Å². The Hall–Kier alpha value is -2.46. The summed E-state index contributed by atoms with van der Waals surface area (Å²) in [5.41, 5.74) is 0.668. The summed E-state index contributed by atoms with van der Waals surface area (Å²) in [5, 5.41) is 17.7. The van der Waals surface area contributed by atoms with E-state index in [-0.39, 0.29) is 35.0 Å². The molecule has 0 fully saturated rings. The molecule has 0 aliphatic heterocycles. The Labute approximate surface area is 112 Å². The van der Waals surface area contributed by atoms with Crippen molar-refractivity contribution >= 4 is 11.6 Å². The molecule has 0 aliphatic rings. The molecule has 0 bridgehead atoms. The first kappa shape index (κ1) is 14.6. The van der Waals surface area contributed by atoms with Gasteiger partial charge in [-0.2, -0.15) is 10.5 Å². The Bertz CT molecular complexity index is 589. The lowest BCUT2D eigenvalue weighted by Gasteiger charge is -2.05. The van der Waals surface area contributed by atoms with Crippen LogP contribution in [0.5, 0.6) is 0 Å². The van der Waals surface area contributed by atoms with Crippen molar-refractivity contribution in [2.45, 2.75) is 26.7 Å². The number of carbonyl (C=O) groups excluding carboxylic acids is 2. The minimum absolute atomic E-state index is 0.131. The summed E-state index contributed by atoms with van der Waals surface area (Å²) in [5.74, 6) is -0.295. The number of hydrogen-bond acceptors (Lipinski definition) is 4. The van der Waals surface area contributed by atoms with Crippen molar-refractivity contribution in [3.05, 3.63) is 34.9 Å². The van der Waals surface area contributed by atoms with E-state index in [1.165, 1.54) is 18.2 Å². The van der Waals surface area contributed by atoms with Gasteiger partial charge >= 0.3 is 0 Å². The van der Waals surface area contributed by atoms with Crippen LogP contribution in [0.25, 0.3) is 0 Å². The maximum Gasteiger partial charge on any atom is 0.171 e. The van der Waals surface area contributed by atoms with E-state index in [0.29, 0.717) is 12.0 Å². The highest BCUT2D eigenvalue weighted by molar-refractivity contribution is 6.09. The topological polar surface area (TPSA) is 81.7 Å². The molecule has 0 radical (unpaired) electrons. The molecule has 0 saturated carbocycles. The lowest BCUT2D eigenvalue weighted by molar-refractivity contribution is -0.118. The Morgan fingerprint density at radius 3 is 2.42 bits per heavy atom. The van der Waals surface area contributed by atoms with Gasteiger partial charge in [0.2, 0.25) is 0 Å². The fourth-order valence-corrected chi connectivity index (χ4v) is 1.75. The Balaban J connectivity index is 2.92. The summed E-state index contributed by atoms with van der Waals surface area (Å²) < 4.78 is 0. The quantitative estimate of drug-likeness (QED) is 0.597. The van der Waals surface area contributed by atoms with E-state index in [0.717, 1.165) is 0 Å². The van der Waals surface area contributed by atoms with E-state index in [1.807, 2.05) is 26.0 Å². The third-order valence-corrected chi connectivity index (χ3v) is 2.56. The van der Waals surface area contributed by atoms with E-state index in [4.69, 9.17) is 10.5 Å². The first-order valence-electron chi connectivity index (χ1n) is 5.97. The van der Waals surface area contributed by atoms with Gasteiger partial charge in [0.15, 0.2) is 5.78 Å². The van der Waals surface area contributed by atoms with Crippen molar-refractivity contribution in [1.82, 2.24) is 0 Å². The zero-order chi connectivity index (χ0) is 14.4. The van der Waals surface area contributed by atoms with Crippen LogP contribution in [0.15, 0.2) is 18.2 Å². The van der Waals surface area contributed by atoms with Crippen molar-refractivity contribution in [1.29, 1.82) is 10.5 Å². The van der Waals surface area contributed by atoms with Crippen molar-refractivity contribution in [3.8, 4) is 12.1 Å². The lowest BCUT2D eigenvalue weighted by atomic mass is 9.96. The maximum atomic E-state index is 12.0. The highest BCUT2D eigenvalue weighted by atomic mass is 16.1. The van der Waals surface area contributed by atoms with Gasteiger partial charge in [-0.15, -0.1) is 0 Å². The van der Waals surface area contributed by atoms with Gasteiger partial charge in [0.05, 0.1) is 29.7 Å². The van der Waals surface area contributed by atoms with Crippen LogP contribution in [-0.4, -0.2) is 11.6 Å². The average molecular weight is 254 g/mol. The first-order chi connectivity index (χ1) is 8.97. The summed E-state index contributed by atoms with van der Waals surface area (Å²) in [6.45, 7) is 3.82. The Kier molecular flexibility index (Phi) is 4.97. The normalized spacial score (nSPS) is 9.74. The summed E-state index contributed by atoms with van der Waals surface area (Å²) in [6, 6.07) is 8.05. The van der Waals surface area contributed by atoms with Gasteiger partial charge in [-0.1, -0.05) is 13.8 Å². The predicted molar refractivity (Wildman–Crippen MR) is 69.3 cm³/mol. The largest absolute Gasteiger partial charge is 0.299 e. The smallest absolute Gasteiger partial charge is 0.171 e. The van der Waals surface area contributed by atoms with Crippen LogP contribution in [-0.2, 0) is 4.79 Å². The molecule has 1 aromatic rings. The highest BCUT2D eigenvalue weighted by Crippen LogP contribution is 2.14. The lowest BCUT2D eigenvalue weighted by Crippen LogP contribution is -2.11. The summed E-state index contributed by atoms with van der Waals surface area (Å²) in [4.78, 5) is 23.6. The second-order valence-corrected chi connectivity index (χ2v) is 4.72. The first-order valence-corrected chi connectivity index (χ1v) is 5.97. The maximum absolute atomic E-state index is 12.0. The average Bonchev–Trinajstić information content (AvgIpc) is 2.36. The molecule has 0 amide bonds. The second-order valence-electron chi connectivity index (χ2n) is 4.72. The molecule has 1 rings (SSSR count). The van der Waals surface area contributed by atoms with Gasteiger partial charge in [-0.25, -0.2) is 0 Å². The van der Waals surface area contributed by atoms with Gasteiger partial charge in [-0.05, 0) is 24.1 Å². The van der Waals surface area contributed by atoms with Crippen molar-refractivity contribution in [3.63, 3.8) is 0 Å². The number of carbonyl (C=O) groups is 2. The van der Waals surface area contributed by atoms with Crippen LogP contribution in [0.1, 0.15) is 48.2 Å². The molecule has 0 aliphatic carbocycles. The van der Waals surface area contributed by atoms with Gasteiger partial charge < -0.3 is 0 Å². The molecule has 96 valence electrons. The zero-order valence-corrected chi connectivity index (χ0v) is 10.9. The number of nitriles is 2. The van der Waals surface area contributed by atoms with E-state index in [2.05, 4.69) is 0 Å². The second kappa shape index (κ2) is 6.47. The van der Waals surface area contributed by atoms with Crippen LogP contribution in [0.4, 0.5) is 0 Å². The van der Waals surface area contributed by atoms with E-state index < -0.39 is 0 Å². The summed E-state index contributed by atoms with van der Waals surface area (Å²) >= 11 is 0. The molecule has 0 spiro atoms.